The van der Waals surface area contributed by atoms with Crippen LogP contribution < -0.4 is 4.74 Å². The third-order valence-corrected chi connectivity index (χ3v) is 5.89. The van der Waals surface area contributed by atoms with Crippen LogP contribution in [0, 0.1) is 0 Å². The van der Waals surface area contributed by atoms with Gasteiger partial charge in [0.25, 0.3) is 11.1 Å². The average Bonchev–Trinajstić information content (AvgIpc) is 2.95. The minimum Gasteiger partial charge on any atom is -0.489 e. The van der Waals surface area contributed by atoms with Gasteiger partial charge in [-0.15, -0.1) is 0 Å². The molecule has 29 heavy (non-hydrogen) atoms. The summed E-state index contributed by atoms with van der Waals surface area (Å²) in [6.45, 7) is 3.63. The lowest BCUT2D eigenvalue weighted by molar-refractivity contribution is -0.122. The minimum absolute atomic E-state index is 0.236. The maximum atomic E-state index is 12.7. The number of imide groups is 1. The summed E-state index contributed by atoms with van der Waals surface area (Å²) >= 11 is 7.50. The minimum atomic E-state index is -0.500. The Kier molecular flexibility index (Phi) is 7.10. The summed E-state index contributed by atoms with van der Waals surface area (Å²) < 4.78 is 7.26. The lowest BCUT2D eigenvalue weighted by Crippen LogP contribution is -2.33. The summed E-state index contributed by atoms with van der Waals surface area (Å²) in [6.07, 6.45) is 3.21. The van der Waals surface area contributed by atoms with Crippen molar-refractivity contribution in [2.24, 2.45) is 0 Å². The fourth-order valence-corrected chi connectivity index (χ4v) is 4.03. The second kappa shape index (κ2) is 9.56. The number of rotatable bonds is 7. The Morgan fingerprint density at radius 2 is 1.79 bits per heavy atom. The zero-order chi connectivity index (χ0) is 21.0. The van der Waals surface area contributed by atoms with E-state index in [0.29, 0.717) is 23.5 Å². The number of nitrogens with zero attached hydrogens (tertiary/aromatic N) is 1. The van der Waals surface area contributed by atoms with Crippen molar-refractivity contribution in [1.82, 2.24) is 4.90 Å². The fraction of sp³-hybridized carbons (Fsp3) is 0.0952. The van der Waals surface area contributed by atoms with E-state index in [1.807, 2.05) is 6.07 Å². The predicted octanol–water partition coefficient (Wildman–Crippen LogP) is 5.70. The van der Waals surface area contributed by atoms with Crippen LogP contribution in [0.3, 0.4) is 0 Å². The van der Waals surface area contributed by atoms with Gasteiger partial charge in [0.15, 0.2) is 5.78 Å². The van der Waals surface area contributed by atoms with Crippen molar-refractivity contribution in [3.63, 3.8) is 0 Å². The standard InChI is InChI=1S/C21H15Br2NO4S/c1-2-9-28-18-8-7-16(23)10-14(18)11-19-20(26)24(21(27)29-19)12-17(25)13-3-5-15(22)6-4-13/h2-8,10-11H,1,9,12H2/b19-11+. The maximum absolute atomic E-state index is 12.7. The number of hydrogen-bond donors (Lipinski definition) is 0. The number of ether oxygens (including phenoxy) is 1. The number of amides is 2. The number of benzene rings is 2. The SMILES string of the molecule is C=CCOc1ccc(Br)cc1/C=C1/SC(=O)N(CC(=O)c2ccc(Br)cc2)C1=O. The monoisotopic (exact) mass is 535 g/mol. The Morgan fingerprint density at radius 1 is 1.10 bits per heavy atom. The first kappa shape index (κ1) is 21.5. The van der Waals surface area contributed by atoms with Gasteiger partial charge in [0.1, 0.15) is 12.4 Å². The molecule has 5 nitrogen and oxygen atoms in total. The quantitative estimate of drug-likeness (QED) is 0.258. The van der Waals surface area contributed by atoms with Crippen molar-refractivity contribution in [2.45, 2.75) is 0 Å². The van der Waals surface area contributed by atoms with E-state index in [0.717, 1.165) is 25.6 Å². The van der Waals surface area contributed by atoms with E-state index < -0.39 is 11.1 Å². The van der Waals surface area contributed by atoms with Crippen molar-refractivity contribution in [1.29, 1.82) is 0 Å². The topological polar surface area (TPSA) is 63.7 Å². The molecule has 1 aliphatic rings. The van der Waals surface area contributed by atoms with Crippen LogP contribution in [-0.4, -0.2) is 35.0 Å². The molecular formula is C21H15Br2NO4S. The van der Waals surface area contributed by atoms with Crippen LogP contribution in [0.4, 0.5) is 4.79 Å². The third-order valence-electron chi connectivity index (χ3n) is 3.96. The molecule has 3 rings (SSSR count). The molecule has 0 aliphatic carbocycles. The van der Waals surface area contributed by atoms with Gasteiger partial charge in [-0.25, -0.2) is 0 Å². The number of carbonyl (C=O) groups is 3. The van der Waals surface area contributed by atoms with E-state index in [-0.39, 0.29) is 17.2 Å². The summed E-state index contributed by atoms with van der Waals surface area (Å²) in [4.78, 5) is 38.7. The second-order valence-corrected chi connectivity index (χ2v) is 8.80. The van der Waals surface area contributed by atoms with Gasteiger partial charge < -0.3 is 4.74 Å². The summed E-state index contributed by atoms with van der Waals surface area (Å²) in [5.41, 5.74) is 1.08. The molecule has 0 atom stereocenters. The van der Waals surface area contributed by atoms with E-state index in [1.165, 1.54) is 0 Å². The molecule has 0 spiro atoms. The van der Waals surface area contributed by atoms with Crippen molar-refractivity contribution >= 4 is 66.6 Å². The fourth-order valence-electron chi connectivity index (χ4n) is 2.56. The molecule has 2 aromatic rings. The number of ketones is 1. The molecule has 1 heterocycles. The second-order valence-electron chi connectivity index (χ2n) is 5.98. The van der Waals surface area contributed by atoms with Gasteiger partial charge in [-0.2, -0.15) is 0 Å². The zero-order valence-corrected chi connectivity index (χ0v) is 19.1. The normalized spacial score (nSPS) is 15.1. The Labute approximate surface area is 189 Å². The van der Waals surface area contributed by atoms with E-state index in [2.05, 4.69) is 38.4 Å². The van der Waals surface area contributed by atoms with Crippen LogP contribution in [0.1, 0.15) is 15.9 Å². The van der Waals surface area contributed by atoms with Crippen molar-refractivity contribution in [3.8, 4) is 5.75 Å². The maximum Gasteiger partial charge on any atom is 0.293 e. The molecule has 0 saturated carbocycles. The lowest BCUT2D eigenvalue weighted by atomic mass is 10.1. The van der Waals surface area contributed by atoms with Gasteiger partial charge in [0.05, 0.1) is 11.4 Å². The molecule has 1 saturated heterocycles. The third kappa shape index (κ3) is 5.26. The number of hydrogen-bond acceptors (Lipinski definition) is 5. The first-order valence-electron chi connectivity index (χ1n) is 8.46. The number of Topliss-reactive ketones (excluding diaryl/α,β-unsaturated/α-hetero) is 1. The Hall–Kier alpha value is -2.16. The predicted molar refractivity (Wildman–Crippen MR) is 121 cm³/mol. The first-order chi connectivity index (χ1) is 13.9. The van der Waals surface area contributed by atoms with Gasteiger partial charge in [0, 0.05) is 20.1 Å². The molecule has 2 amide bonds. The van der Waals surface area contributed by atoms with E-state index in [9.17, 15) is 14.4 Å². The van der Waals surface area contributed by atoms with Crippen LogP contribution in [0.2, 0.25) is 0 Å². The van der Waals surface area contributed by atoms with Crippen molar-refractivity contribution in [3.05, 3.63) is 80.1 Å². The van der Waals surface area contributed by atoms with E-state index in [4.69, 9.17) is 4.74 Å². The van der Waals surface area contributed by atoms with E-state index >= 15 is 0 Å². The molecule has 8 heteroatoms. The number of halogens is 2. The molecule has 0 radical (unpaired) electrons. The van der Waals surface area contributed by atoms with Crippen LogP contribution in [0.25, 0.3) is 6.08 Å². The van der Waals surface area contributed by atoms with Crippen LogP contribution in [-0.2, 0) is 4.79 Å². The molecule has 1 aliphatic heterocycles. The molecular weight excluding hydrogens is 522 g/mol. The molecule has 148 valence electrons. The van der Waals surface area contributed by atoms with Crippen molar-refractivity contribution in [2.75, 3.05) is 13.2 Å². The van der Waals surface area contributed by atoms with Gasteiger partial charge >= 0.3 is 0 Å². The first-order valence-corrected chi connectivity index (χ1v) is 10.9. The molecule has 0 unspecified atom stereocenters. The van der Waals surface area contributed by atoms with Gasteiger partial charge in [-0.1, -0.05) is 56.6 Å². The summed E-state index contributed by atoms with van der Waals surface area (Å²) in [6, 6.07) is 12.1. The van der Waals surface area contributed by atoms with Crippen molar-refractivity contribution < 1.29 is 19.1 Å². The highest BCUT2D eigenvalue weighted by molar-refractivity contribution is 9.10. The molecule has 0 aromatic heterocycles. The Morgan fingerprint density at radius 3 is 2.48 bits per heavy atom. The summed E-state index contributed by atoms with van der Waals surface area (Å²) in [5.74, 6) is -0.246. The Balaban J connectivity index is 1.81. The highest BCUT2D eigenvalue weighted by atomic mass is 79.9. The highest BCUT2D eigenvalue weighted by Gasteiger charge is 2.36. The Bertz CT molecular complexity index is 1020. The van der Waals surface area contributed by atoms with Crippen LogP contribution in [0.5, 0.6) is 5.75 Å². The van der Waals surface area contributed by atoms with Gasteiger partial charge in [-0.3, -0.25) is 19.3 Å². The summed E-state index contributed by atoms with van der Waals surface area (Å²) in [7, 11) is 0. The van der Waals surface area contributed by atoms with E-state index in [1.54, 1.807) is 48.6 Å². The summed E-state index contributed by atoms with van der Waals surface area (Å²) in [5, 5.41) is -0.477. The zero-order valence-electron chi connectivity index (χ0n) is 15.1. The highest BCUT2D eigenvalue weighted by Crippen LogP contribution is 2.35. The molecule has 1 fully saturated rings. The largest absolute Gasteiger partial charge is 0.489 e. The van der Waals surface area contributed by atoms with Crippen LogP contribution in [0.15, 0.2) is 69.0 Å². The lowest BCUT2D eigenvalue weighted by Gasteiger charge is -2.11. The molecule has 0 bridgehead atoms. The number of carbonyl (C=O) groups excluding carboxylic acids is 3. The molecule has 0 N–H and O–H groups in total. The van der Waals surface area contributed by atoms with Crippen LogP contribution >= 0.6 is 43.6 Å². The van der Waals surface area contributed by atoms with Gasteiger partial charge in [0.2, 0.25) is 0 Å². The number of thioether (sulfide) groups is 1. The molecule has 2 aromatic carbocycles. The van der Waals surface area contributed by atoms with Gasteiger partial charge in [-0.05, 0) is 48.2 Å². The average molecular weight is 537 g/mol. The smallest absolute Gasteiger partial charge is 0.293 e.